The number of ether oxygens (including phenoxy) is 1. The molecule has 2 aromatic rings. The Balaban J connectivity index is 1.91. The van der Waals surface area contributed by atoms with Gasteiger partial charge < -0.3 is 10.5 Å². The van der Waals surface area contributed by atoms with Crippen molar-refractivity contribution in [1.82, 2.24) is 0 Å². The Morgan fingerprint density at radius 2 is 2.05 bits per heavy atom. The molecule has 1 aliphatic heterocycles. The molecule has 0 bridgehead atoms. The third kappa shape index (κ3) is 2.87. The Morgan fingerprint density at radius 3 is 2.81 bits per heavy atom. The Labute approximate surface area is 126 Å². The first kappa shape index (κ1) is 14.3. The van der Waals surface area contributed by atoms with Gasteiger partial charge in [-0.2, -0.15) is 0 Å². The molecule has 1 atom stereocenters. The van der Waals surface area contributed by atoms with E-state index in [0.29, 0.717) is 17.2 Å². The molecule has 21 heavy (non-hydrogen) atoms. The average molecular weight is 310 g/mol. The number of rotatable bonds is 3. The standard InChI is InChI=1S/C16H14ClF2NO/c17-11-5-10-3-4-21-16(10)13(7-11)15(20)6-9-1-2-12(18)8-14(9)19/h1-2,5,7-8,15H,3-4,6,20H2. The molecule has 1 heterocycles. The monoisotopic (exact) mass is 309 g/mol. The minimum absolute atomic E-state index is 0.252. The molecule has 0 radical (unpaired) electrons. The van der Waals surface area contributed by atoms with Crippen LogP contribution in [0.1, 0.15) is 22.7 Å². The van der Waals surface area contributed by atoms with E-state index in [1.54, 1.807) is 6.07 Å². The molecule has 2 N–H and O–H groups in total. The zero-order valence-electron chi connectivity index (χ0n) is 11.2. The molecule has 0 aromatic heterocycles. The van der Waals surface area contributed by atoms with Crippen molar-refractivity contribution in [1.29, 1.82) is 0 Å². The van der Waals surface area contributed by atoms with Crippen LogP contribution in [0.4, 0.5) is 8.78 Å². The predicted molar refractivity (Wildman–Crippen MR) is 77.6 cm³/mol. The highest BCUT2D eigenvalue weighted by molar-refractivity contribution is 6.30. The molecule has 2 aromatic carbocycles. The maximum Gasteiger partial charge on any atom is 0.129 e. The van der Waals surface area contributed by atoms with Crippen molar-refractivity contribution >= 4 is 11.6 Å². The van der Waals surface area contributed by atoms with E-state index >= 15 is 0 Å². The van der Waals surface area contributed by atoms with Gasteiger partial charge in [0.2, 0.25) is 0 Å². The lowest BCUT2D eigenvalue weighted by molar-refractivity contribution is 0.351. The molecule has 0 saturated carbocycles. The van der Waals surface area contributed by atoms with E-state index < -0.39 is 17.7 Å². The van der Waals surface area contributed by atoms with E-state index in [4.69, 9.17) is 22.1 Å². The van der Waals surface area contributed by atoms with E-state index in [2.05, 4.69) is 0 Å². The second kappa shape index (κ2) is 5.62. The highest BCUT2D eigenvalue weighted by Crippen LogP contribution is 2.36. The molecule has 0 spiro atoms. The zero-order valence-corrected chi connectivity index (χ0v) is 12.0. The van der Waals surface area contributed by atoms with Crippen LogP contribution in [0.3, 0.4) is 0 Å². The molecule has 0 amide bonds. The lowest BCUT2D eigenvalue weighted by Crippen LogP contribution is -2.15. The highest BCUT2D eigenvalue weighted by Gasteiger charge is 2.22. The molecule has 3 rings (SSSR count). The van der Waals surface area contributed by atoms with Crippen LogP contribution in [-0.2, 0) is 12.8 Å². The van der Waals surface area contributed by atoms with Gasteiger partial charge in [0.15, 0.2) is 0 Å². The van der Waals surface area contributed by atoms with Gasteiger partial charge in [0.1, 0.15) is 17.4 Å². The number of benzene rings is 2. The van der Waals surface area contributed by atoms with E-state index in [1.165, 1.54) is 12.1 Å². The SMILES string of the molecule is NC(Cc1ccc(F)cc1F)c1cc(Cl)cc2c1OCC2. The molecule has 0 saturated heterocycles. The predicted octanol–water partition coefficient (Wildman–Crippen LogP) is 3.80. The van der Waals surface area contributed by atoms with E-state index in [9.17, 15) is 8.78 Å². The van der Waals surface area contributed by atoms with Gasteiger partial charge in [-0.15, -0.1) is 0 Å². The fraction of sp³-hybridized carbons (Fsp3) is 0.250. The summed E-state index contributed by atoms with van der Waals surface area (Å²) in [7, 11) is 0. The van der Waals surface area contributed by atoms with Crippen LogP contribution in [0.15, 0.2) is 30.3 Å². The first-order valence-corrected chi connectivity index (χ1v) is 7.07. The Bertz CT molecular complexity index is 690. The van der Waals surface area contributed by atoms with Gasteiger partial charge in [-0.1, -0.05) is 17.7 Å². The van der Waals surface area contributed by atoms with Crippen molar-refractivity contribution < 1.29 is 13.5 Å². The summed E-state index contributed by atoms with van der Waals surface area (Å²) in [6.07, 6.45) is 1.04. The molecular formula is C16H14ClF2NO. The highest BCUT2D eigenvalue weighted by atomic mass is 35.5. The van der Waals surface area contributed by atoms with Crippen LogP contribution in [0, 0.1) is 11.6 Å². The van der Waals surface area contributed by atoms with Crippen LogP contribution in [-0.4, -0.2) is 6.61 Å². The number of hydrogen-bond acceptors (Lipinski definition) is 2. The van der Waals surface area contributed by atoms with Gasteiger partial charge in [0.05, 0.1) is 6.61 Å². The number of fused-ring (bicyclic) bond motifs is 1. The summed E-state index contributed by atoms with van der Waals surface area (Å²) < 4.78 is 32.3. The smallest absolute Gasteiger partial charge is 0.129 e. The van der Waals surface area contributed by atoms with Crippen LogP contribution in [0.5, 0.6) is 5.75 Å². The topological polar surface area (TPSA) is 35.2 Å². The van der Waals surface area contributed by atoms with Crippen molar-refractivity contribution in [2.75, 3.05) is 6.61 Å². The summed E-state index contributed by atoms with van der Waals surface area (Å²) in [5.41, 5.74) is 8.33. The fourth-order valence-corrected chi connectivity index (χ4v) is 2.86. The first-order chi connectivity index (χ1) is 10.0. The molecule has 2 nitrogen and oxygen atoms in total. The molecule has 110 valence electrons. The van der Waals surface area contributed by atoms with E-state index in [-0.39, 0.29) is 6.42 Å². The summed E-state index contributed by atoms with van der Waals surface area (Å²) in [5.74, 6) is -0.448. The minimum Gasteiger partial charge on any atom is -0.493 e. The summed E-state index contributed by atoms with van der Waals surface area (Å²) >= 11 is 6.09. The Hall–Kier alpha value is -1.65. The Morgan fingerprint density at radius 1 is 1.24 bits per heavy atom. The summed E-state index contributed by atoms with van der Waals surface area (Å²) in [6.45, 7) is 0.598. The van der Waals surface area contributed by atoms with Gasteiger partial charge >= 0.3 is 0 Å². The quantitative estimate of drug-likeness (QED) is 0.936. The van der Waals surface area contributed by atoms with Gasteiger partial charge in [-0.3, -0.25) is 0 Å². The van der Waals surface area contributed by atoms with E-state index in [1.807, 2.05) is 6.07 Å². The maximum absolute atomic E-state index is 13.7. The summed E-state index contributed by atoms with van der Waals surface area (Å²) in [6, 6.07) is 6.65. The van der Waals surface area contributed by atoms with Gasteiger partial charge in [0.25, 0.3) is 0 Å². The summed E-state index contributed by atoms with van der Waals surface area (Å²) in [4.78, 5) is 0. The minimum atomic E-state index is -0.600. The van der Waals surface area contributed by atoms with Crippen LogP contribution in [0.25, 0.3) is 0 Å². The van der Waals surface area contributed by atoms with Gasteiger partial charge in [-0.25, -0.2) is 8.78 Å². The fourth-order valence-electron chi connectivity index (χ4n) is 2.61. The van der Waals surface area contributed by atoms with Crippen molar-refractivity contribution in [3.8, 4) is 5.75 Å². The van der Waals surface area contributed by atoms with Gasteiger partial charge in [0, 0.05) is 29.1 Å². The molecular weight excluding hydrogens is 296 g/mol. The third-order valence-electron chi connectivity index (χ3n) is 3.63. The number of hydrogen-bond donors (Lipinski definition) is 1. The molecule has 1 unspecified atom stereocenters. The number of halogens is 3. The van der Waals surface area contributed by atoms with Crippen LogP contribution in [0.2, 0.25) is 5.02 Å². The molecule has 0 aliphatic carbocycles. The molecule has 5 heteroatoms. The number of nitrogens with two attached hydrogens (primary N) is 1. The van der Waals surface area contributed by atoms with Crippen molar-refractivity contribution in [3.63, 3.8) is 0 Å². The second-order valence-corrected chi connectivity index (χ2v) is 5.56. The normalized spacial score (nSPS) is 14.7. The van der Waals surface area contributed by atoms with Crippen LogP contribution >= 0.6 is 11.6 Å². The average Bonchev–Trinajstić information content (AvgIpc) is 2.88. The van der Waals surface area contributed by atoms with Crippen LogP contribution < -0.4 is 10.5 Å². The van der Waals surface area contributed by atoms with Crippen molar-refractivity contribution in [3.05, 3.63) is 63.7 Å². The zero-order chi connectivity index (χ0) is 15.0. The van der Waals surface area contributed by atoms with Crippen molar-refractivity contribution in [2.45, 2.75) is 18.9 Å². The van der Waals surface area contributed by atoms with Gasteiger partial charge in [-0.05, 0) is 35.7 Å². The molecule has 0 fully saturated rings. The first-order valence-electron chi connectivity index (χ1n) is 6.69. The Kier molecular flexibility index (Phi) is 3.83. The van der Waals surface area contributed by atoms with Crippen molar-refractivity contribution in [2.24, 2.45) is 5.73 Å². The second-order valence-electron chi connectivity index (χ2n) is 5.13. The third-order valence-corrected chi connectivity index (χ3v) is 3.85. The largest absolute Gasteiger partial charge is 0.493 e. The summed E-state index contributed by atoms with van der Waals surface area (Å²) in [5, 5.41) is 0.587. The van der Waals surface area contributed by atoms with E-state index in [0.717, 1.165) is 29.4 Å². The molecule has 1 aliphatic rings. The maximum atomic E-state index is 13.7. The lowest BCUT2D eigenvalue weighted by Gasteiger charge is -2.16. The lowest BCUT2D eigenvalue weighted by atomic mass is 9.96.